The number of hydrogen-bond acceptors (Lipinski definition) is 6. The van der Waals surface area contributed by atoms with Crippen LogP contribution in [-0.4, -0.2) is 33.0 Å². The standard InChI is InChI=1S/C30H31NO5/c1-3-26(23-10-15-27-28(18-23)35-19-34-27)29(20-6-11-24(12-7-20)33-17-16-31-2)21-8-13-25(14-9-21)36-30(32)22-4-5-22/h6-15,18,22,31H,3-5,16-17,19H2,1-2H3/b29-26+. The summed E-state index contributed by atoms with van der Waals surface area (Å²) in [5, 5.41) is 3.09. The first kappa shape index (κ1) is 23.9. The molecule has 3 aromatic carbocycles. The van der Waals surface area contributed by atoms with Crippen LogP contribution in [0.1, 0.15) is 42.9 Å². The lowest BCUT2D eigenvalue weighted by Gasteiger charge is -2.17. The quantitative estimate of drug-likeness (QED) is 0.172. The molecule has 0 radical (unpaired) electrons. The zero-order chi connectivity index (χ0) is 24.9. The van der Waals surface area contributed by atoms with E-state index in [1.807, 2.05) is 55.6 Å². The number of fused-ring (bicyclic) bond motifs is 1. The summed E-state index contributed by atoms with van der Waals surface area (Å²) in [6.45, 7) is 3.79. The first-order valence-electron chi connectivity index (χ1n) is 12.5. The normalized spacial score (nSPS) is 14.8. The van der Waals surface area contributed by atoms with Gasteiger partial charge in [0.15, 0.2) is 11.5 Å². The minimum Gasteiger partial charge on any atom is -0.492 e. The molecule has 1 saturated carbocycles. The molecule has 186 valence electrons. The molecule has 1 heterocycles. The average molecular weight is 486 g/mol. The smallest absolute Gasteiger partial charge is 0.314 e. The summed E-state index contributed by atoms with van der Waals surface area (Å²) in [7, 11) is 1.91. The van der Waals surface area contributed by atoms with Crippen molar-refractivity contribution in [2.24, 2.45) is 5.92 Å². The van der Waals surface area contributed by atoms with E-state index >= 15 is 0 Å². The van der Waals surface area contributed by atoms with Gasteiger partial charge in [-0.3, -0.25) is 4.79 Å². The van der Waals surface area contributed by atoms with Gasteiger partial charge in [-0.1, -0.05) is 37.3 Å². The maximum Gasteiger partial charge on any atom is 0.314 e. The Labute approximate surface area is 211 Å². The maximum atomic E-state index is 12.1. The molecule has 1 fully saturated rings. The van der Waals surface area contributed by atoms with Crippen LogP contribution in [0.5, 0.6) is 23.0 Å². The lowest BCUT2D eigenvalue weighted by Crippen LogP contribution is -2.15. The minimum atomic E-state index is -0.137. The van der Waals surface area contributed by atoms with Gasteiger partial charge in [-0.15, -0.1) is 0 Å². The zero-order valence-electron chi connectivity index (χ0n) is 20.7. The highest BCUT2D eigenvalue weighted by atomic mass is 16.7. The van der Waals surface area contributed by atoms with Gasteiger partial charge >= 0.3 is 5.97 Å². The summed E-state index contributed by atoms with van der Waals surface area (Å²) in [5.41, 5.74) is 5.49. The van der Waals surface area contributed by atoms with E-state index in [-0.39, 0.29) is 18.7 Å². The van der Waals surface area contributed by atoms with E-state index in [4.69, 9.17) is 18.9 Å². The molecule has 0 amide bonds. The predicted molar refractivity (Wildman–Crippen MR) is 139 cm³/mol. The largest absolute Gasteiger partial charge is 0.492 e. The lowest BCUT2D eigenvalue weighted by molar-refractivity contribution is -0.135. The second-order valence-corrected chi connectivity index (χ2v) is 8.97. The van der Waals surface area contributed by atoms with Gasteiger partial charge in [0.2, 0.25) is 6.79 Å². The monoisotopic (exact) mass is 485 g/mol. The molecule has 1 N–H and O–H groups in total. The number of carbonyl (C=O) groups excluding carboxylic acids is 1. The fraction of sp³-hybridized carbons (Fsp3) is 0.300. The van der Waals surface area contributed by atoms with Crippen molar-refractivity contribution in [1.29, 1.82) is 0 Å². The van der Waals surface area contributed by atoms with E-state index in [0.29, 0.717) is 12.4 Å². The summed E-state index contributed by atoms with van der Waals surface area (Å²) in [4.78, 5) is 12.1. The van der Waals surface area contributed by atoms with Crippen molar-refractivity contribution >= 4 is 17.1 Å². The summed E-state index contributed by atoms with van der Waals surface area (Å²) in [6, 6.07) is 22.1. The predicted octanol–water partition coefficient (Wildman–Crippen LogP) is 5.70. The molecular formula is C30H31NO5. The van der Waals surface area contributed by atoms with E-state index in [1.54, 1.807) is 0 Å². The molecule has 0 saturated heterocycles. The van der Waals surface area contributed by atoms with Gasteiger partial charge in [-0.25, -0.2) is 0 Å². The summed E-state index contributed by atoms with van der Waals surface area (Å²) >= 11 is 0. The number of ether oxygens (including phenoxy) is 4. The van der Waals surface area contributed by atoms with Crippen molar-refractivity contribution in [2.75, 3.05) is 27.0 Å². The van der Waals surface area contributed by atoms with Crippen LogP contribution in [0, 0.1) is 5.92 Å². The zero-order valence-corrected chi connectivity index (χ0v) is 20.7. The highest BCUT2D eigenvalue weighted by molar-refractivity contribution is 5.99. The van der Waals surface area contributed by atoms with E-state index in [0.717, 1.165) is 65.3 Å². The molecule has 2 aliphatic rings. The molecule has 0 aromatic heterocycles. The third-order valence-electron chi connectivity index (χ3n) is 6.41. The number of esters is 1. The van der Waals surface area contributed by atoms with Crippen LogP contribution in [0.15, 0.2) is 66.7 Å². The Morgan fingerprint density at radius 2 is 1.53 bits per heavy atom. The van der Waals surface area contributed by atoms with Gasteiger partial charge in [-0.2, -0.15) is 0 Å². The molecule has 0 atom stereocenters. The van der Waals surface area contributed by atoms with Crippen LogP contribution < -0.4 is 24.3 Å². The van der Waals surface area contributed by atoms with Gasteiger partial charge in [-0.05, 0) is 90.5 Å². The van der Waals surface area contributed by atoms with Crippen LogP contribution >= 0.6 is 0 Å². The lowest BCUT2D eigenvalue weighted by atomic mass is 9.88. The van der Waals surface area contributed by atoms with Gasteiger partial charge in [0.1, 0.15) is 18.1 Å². The Morgan fingerprint density at radius 1 is 0.889 bits per heavy atom. The fourth-order valence-electron chi connectivity index (χ4n) is 4.32. The van der Waals surface area contributed by atoms with Crippen LogP contribution in [0.4, 0.5) is 0 Å². The average Bonchev–Trinajstić information content (AvgIpc) is 3.66. The van der Waals surface area contributed by atoms with Crippen LogP contribution in [0.2, 0.25) is 0 Å². The fourth-order valence-corrected chi connectivity index (χ4v) is 4.32. The Morgan fingerprint density at radius 3 is 2.17 bits per heavy atom. The first-order chi connectivity index (χ1) is 17.7. The molecule has 5 rings (SSSR count). The highest BCUT2D eigenvalue weighted by Crippen LogP contribution is 2.40. The van der Waals surface area contributed by atoms with Crippen molar-refractivity contribution < 1.29 is 23.7 Å². The van der Waals surface area contributed by atoms with Gasteiger partial charge in [0.25, 0.3) is 0 Å². The number of likely N-dealkylation sites (N-methyl/N-ethyl adjacent to an activating group) is 1. The minimum absolute atomic E-state index is 0.0617. The molecule has 1 aliphatic carbocycles. The SMILES string of the molecule is CC/C(=C(/c1ccc(OCCNC)cc1)c1ccc(OC(=O)C2CC2)cc1)c1ccc2c(c1)OCO2. The van der Waals surface area contributed by atoms with Gasteiger partial charge in [0, 0.05) is 6.54 Å². The summed E-state index contributed by atoms with van der Waals surface area (Å²) < 4.78 is 22.6. The molecule has 6 nitrogen and oxygen atoms in total. The van der Waals surface area contributed by atoms with Crippen molar-refractivity contribution in [2.45, 2.75) is 26.2 Å². The van der Waals surface area contributed by atoms with Gasteiger partial charge in [0.05, 0.1) is 5.92 Å². The van der Waals surface area contributed by atoms with Crippen molar-refractivity contribution in [3.05, 3.63) is 83.4 Å². The Balaban J connectivity index is 1.52. The third-order valence-corrected chi connectivity index (χ3v) is 6.41. The van der Waals surface area contributed by atoms with Crippen LogP contribution in [0.25, 0.3) is 11.1 Å². The number of allylic oxidation sites excluding steroid dienone is 1. The molecule has 36 heavy (non-hydrogen) atoms. The molecule has 6 heteroatoms. The summed E-state index contributed by atoms with van der Waals surface area (Å²) in [5.74, 6) is 2.85. The second kappa shape index (κ2) is 10.9. The van der Waals surface area contributed by atoms with E-state index < -0.39 is 0 Å². The van der Waals surface area contributed by atoms with Crippen molar-refractivity contribution in [1.82, 2.24) is 5.32 Å². The number of rotatable bonds is 10. The summed E-state index contributed by atoms with van der Waals surface area (Å²) in [6.07, 6.45) is 2.66. The van der Waals surface area contributed by atoms with Crippen molar-refractivity contribution in [3.8, 4) is 23.0 Å². The molecule has 0 bridgehead atoms. The Kier molecular flexibility index (Phi) is 7.23. The van der Waals surface area contributed by atoms with E-state index in [2.05, 4.69) is 30.4 Å². The number of hydrogen-bond donors (Lipinski definition) is 1. The Bertz CT molecular complexity index is 1240. The van der Waals surface area contributed by atoms with Crippen LogP contribution in [0.3, 0.4) is 0 Å². The first-order valence-corrected chi connectivity index (χ1v) is 12.5. The number of nitrogens with one attached hydrogen (secondary N) is 1. The number of carbonyl (C=O) groups is 1. The van der Waals surface area contributed by atoms with E-state index in [9.17, 15) is 4.79 Å². The van der Waals surface area contributed by atoms with Crippen molar-refractivity contribution in [3.63, 3.8) is 0 Å². The number of benzene rings is 3. The van der Waals surface area contributed by atoms with E-state index in [1.165, 1.54) is 5.57 Å². The van der Waals surface area contributed by atoms with Crippen LogP contribution in [-0.2, 0) is 4.79 Å². The maximum absolute atomic E-state index is 12.1. The molecule has 0 unspecified atom stereocenters. The molecular weight excluding hydrogens is 454 g/mol. The molecule has 3 aromatic rings. The molecule has 1 aliphatic heterocycles. The highest BCUT2D eigenvalue weighted by Gasteiger charge is 2.31. The molecule has 0 spiro atoms. The second-order valence-electron chi connectivity index (χ2n) is 8.97. The topological polar surface area (TPSA) is 66.0 Å². The third kappa shape index (κ3) is 5.39. The Hall–Kier alpha value is -3.77. The van der Waals surface area contributed by atoms with Gasteiger partial charge < -0.3 is 24.3 Å².